The average molecular weight is 455 g/mol. The Morgan fingerprint density at radius 3 is 2.73 bits per heavy atom. The van der Waals surface area contributed by atoms with Crippen molar-refractivity contribution < 1.29 is 14.5 Å². The van der Waals surface area contributed by atoms with Crippen LogP contribution in [0.4, 0.5) is 17.3 Å². The van der Waals surface area contributed by atoms with Crippen molar-refractivity contribution in [2.75, 3.05) is 30.0 Å². The van der Waals surface area contributed by atoms with Gasteiger partial charge in [0.25, 0.3) is 5.91 Å². The zero-order valence-corrected chi connectivity index (χ0v) is 17.6. The summed E-state index contributed by atoms with van der Waals surface area (Å²) in [5.74, 6) is 0.380. The van der Waals surface area contributed by atoms with Gasteiger partial charge in [-0.15, -0.1) is 0 Å². The molecular weight excluding hydrogens is 435 g/mol. The maximum absolute atomic E-state index is 12.1. The number of nitro groups is 1. The Hall–Kier alpha value is -2.85. The van der Waals surface area contributed by atoms with Gasteiger partial charge in [-0.3, -0.25) is 25.8 Å². The van der Waals surface area contributed by atoms with E-state index >= 15 is 0 Å². The van der Waals surface area contributed by atoms with Crippen molar-refractivity contribution in [3.63, 3.8) is 0 Å². The molecule has 0 saturated carbocycles. The topological polar surface area (TPSA) is 123 Å². The van der Waals surface area contributed by atoms with E-state index in [2.05, 4.69) is 27.7 Å². The summed E-state index contributed by atoms with van der Waals surface area (Å²) in [6.45, 7) is 3.11. The van der Waals surface area contributed by atoms with Gasteiger partial charge >= 0.3 is 5.69 Å². The molecule has 0 spiro atoms. The molecule has 0 unspecified atom stereocenters. The lowest BCUT2D eigenvalue weighted by Crippen LogP contribution is -2.36. The monoisotopic (exact) mass is 454 g/mol. The van der Waals surface area contributed by atoms with E-state index in [0.29, 0.717) is 24.0 Å². The third kappa shape index (κ3) is 5.39. The van der Waals surface area contributed by atoms with Crippen molar-refractivity contribution >= 4 is 46.4 Å². The Morgan fingerprint density at radius 1 is 1.33 bits per heavy atom. The van der Waals surface area contributed by atoms with Crippen LogP contribution in [0.15, 0.2) is 24.5 Å². The summed E-state index contributed by atoms with van der Waals surface area (Å²) in [6, 6.07) is 4.60. The smallest absolute Gasteiger partial charge is 0.355 e. The minimum atomic E-state index is -0.581. The quantitative estimate of drug-likeness (QED) is 0.481. The van der Waals surface area contributed by atoms with Gasteiger partial charge in [0.15, 0.2) is 6.61 Å². The summed E-state index contributed by atoms with van der Waals surface area (Å²) in [5.41, 5.74) is 4.53. The van der Waals surface area contributed by atoms with Crippen molar-refractivity contribution in [2.24, 2.45) is 5.92 Å². The van der Waals surface area contributed by atoms with Crippen LogP contribution in [-0.2, 0) is 4.79 Å². The number of nitrogens with one attached hydrogen (secondary N) is 2. The molecule has 1 aliphatic rings. The summed E-state index contributed by atoms with van der Waals surface area (Å²) in [7, 11) is 0. The highest BCUT2D eigenvalue weighted by molar-refractivity contribution is 6.35. The van der Waals surface area contributed by atoms with E-state index in [1.54, 1.807) is 6.07 Å². The van der Waals surface area contributed by atoms with Gasteiger partial charge in [0.05, 0.1) is 9.95 Å². The summed E-state index contributed by atoms with van der Waals surface area (Å²) in [6.07, 6.45) is 3.06. The lowest BCUT2D eigenvalue weighted by molar-refractivity contribution is -0.383. The van der Waals surface area contributed by atoms with Gasteiger partial charge in [0.2, 0.25) is 11.6 Å². The molecule has 2 N–H and O–H groups in total. The second-order valence-corrected chi connectivity index (χ2v) is 7.70. The van der Waals surface area contributed by atoms with Gasteiger partial charge in [-0.2, -0.15) is 0 Å². The van der Waals surface area contributed by atoms with Crippen molar-refractivity contribution in [1.82, 2.24) is 15.4 Å². The predicted molar refractivity (Wildman–Crippen MR) is 113 cm³/mol. The number of rotatable bonds is 7. The Balaban J connectivity index is 1.65. The molecule has 1 fully saturated rings. The zero-order chi connectivity index (χ0) is 21.7. The lowest BCUT2D eigenvalue weighted by Gasteiger charge is -2.30. The number of hydrogen-bond acceptors (Lipinski definition) is 8. The van der Waals surface area contributed by atoms with Gasteiger partial charge < -0.3 is 9.64 Å². The summed E-state index contributed by atoms with van der Waals surface area (Å²) >= 11 is 11.8. The van der Waals surface area contributed by atoms with E-state index in [1.807, 2.05) is 4.90 Å². The highest BCUT2D eigenvalue weighted by Crippen LogP contribution is 2.33. The van der Waals surface area contributed by atoms with Gasteiger partial charge in [-0.1, -0.05) is 30.1 Å². The number of aromatic nitrogens is 2. The summed E-state index contributed by atoms with van der Waals surface area (Å²) in [4.78, 5) is 33.0. The van der Waals surface area contributed by atoms with E-state index in [-0.39, 0.29) is 34.7 Å². The molecule has 160 valence electrons. The van der Waals surface area contributed by atoms with E-state index < -0.39 is 10.8 Å². The SMILES string of the molecule is CC1CCN(c2ncnc(NNC(=O)COc3ccc(Cl)cc3Cl)c2[N+](=O)[O-])CC1. The molecule has 12 heteroatoms. The van der Waals surface area contributed by atoms with Gasteiger partial charge in [-0.05, 0) is 37.0 Å². The number of halogens is 2. The third-order valence-corrected chi connectivity index (χ3v) is 5.17. The highest BCUT2D eigenvalue weighted by Gasteiger charge is 2.29. The average Bonchev–Trinajstić information content (AvgIpc) is 2.71. The molecule has 2 heterocycles. The number of ether oxygens (including phenoxy) is 1. The van der Waals surface area contributed by atoms with E-state index in [0.717, 1.165) is 12.8 Å². The number of benzene rings is 1. The first-order chi connectivity index (χ1) is 14.3. The second-order valence-electron chi connectivity index (χ2n) is 6.86. The zero-order valence-electron chi connectivity index (χ0n) is 16.1. The molecule has 1 aliphatic heterocycles. The first kappa shape index (κ1) is 21.8. The van der Waals surface area contributed by atoms with E-state index in [1.165, 1.54) is 18.5 Å². The molecular formula is C18H20Cl2N6O4. The van der Waals surface area contributed by atoms with Crippen molar-refractivity contribution in [1.29, 1.82) is 0 Å². The number of carbonyl (C=O) groups excluding carboxylic acids is 1. The Labute approximate surface area is 182 Å². The predicted octanol–water partition coefficient (Wildman–Crippen LogP) is 3.45. The van der Waals surface area contributed by atoms with Crippen LogP contribution in [0.2, 0.25) is 10.0 Å². The fourth-order valence-electron chi connectivity index (χ4n) is 2.98. The molecule has 2 aromatic rings. The number of piperidine rings is 1. The number of amides is 1. The molecule has 1 amide bonds. The van der Waals surface area contributed by atoms with Gasteiger partial charge in [-0.25, -0.2) is 9.97 Å². The number of nitrogens with zero attached hydrogens (tertiary/aromatic N) is 4. The summed E-state index contributed by atoms with van der Waals surface area (Å²) < 4.78 is 5.33. The Bertz CT molecular complexity index is 937. The molecule has 0 atom stereocenters. The largest absolute Gasteiger partial charge is 0.482 e. The fraction of sp³-hybridized carbons (Fsp3) is 0.389. The van der Waals surface area contributed by atoms with Crippen LogP contribution in [0.25, 0.3) is 0 Å². The Kier molecular flexibility index (Phi) is 7.11. The van der Waals surface area contributed by atoms with Crippen molar-refractivity contribution in [3.8, 4) is 5.75 Å². The van der Waals surface area contributed by atoms with Crippen molar-refractivity contribution in [2.45, 2.75) is 19.8 Å². The second kappa shape index (κ2) is 9.77. The molecule has 1 saturated heterocycles. The molecule has 30 heavy (non-hydrogen) atoms. The molecule has 0 aliphatic carbocycles. The van der Waals surface area contributed by atoms with Crippen LogP contribution in [0.3, 0.4) is 0 Å². The maximum Gasteiger partial charge on any atom is 0.355 e. The normalized spacial score (nSPS) is 14.3. The minimum absolute atomic E-state index is 0.110. The standard InChI is InChI=1S/C18H20Cl2N6O4/c1-11-4-6-25(7-5-11)18-16(26(28)29)17(21-10-22-18)24-23-15(27)9-30-14-3-2-12(19)8-13(14)20/h2-3,8,10-11H,4-7,9H2,1H3,(H,23,27)(H,21,22,24). The maximum atomic E-state index is 12.1. The molecule has 1 aromatic carbocycles. The van der Waals surface area contributed by atoms with Crippen LogP contribution in [0, 0.1) is 16.0 Å². The van der Waals surface area contributed by atoms with Crippen LogP contribution >= 0.6 is 23.2 Å². The molecule has 10 nitrogen and oxygen atoms in total. The number of carbonyl (C=O) groups is 1. The third-order valence-electron chi connectivity index (χ3n) is 4.64. The summed E-state index contributed by atoms with van der Waals surface area (Å²) in [5, 5.41) is 12.4. The van der Waals surface area contributed by atoms with Gasteiger partial charge in [0, 0.05) is 18.1 Å². The van der Waals surface area contributed by atoms with E-state index in [9.17, 15) is 14.9 Å². The molecule has 0 radical (unpaired) electrons. The molecule has 3 rings (SSSR count). The van der Waals surface area contributed by atoms with Crippen LogP contribution in [0.5, 0.6) is 5.75 Å². The fourth-order valence-corrected chi connectivity index (χ4v) is 3.44. The molecule has 0 bridgehead atoms. The first-order valence-electron chi connectivity index (χ1n) is 9.22. The first-order valence-corrected chi connectivity index (χ1v) is 9.97. The van der Waals surface area contributed by atoms with Crippen LogP contribution in [0.1, 0.15) is 19.8 Å². The highest BCUT2D eigenvalue weighted by atomic mass is 35.5. The lowest BCUT2D eigenvalue weighted by atomic mass is 9.99. The number of anilines is 2. The van der Waals surface area contributed by atoms with Crippen LogP contribution < -0.4 is 20.5 Å². The van der Waals surface area contributed by atoms with Gasteiger partial charge in [0.1, 0.15) is 12.1 Å². The van der Waals surface area contributed by atoms with Crippen LogP contribution in [-0.4, -0.2) is 40.5 Å². The molecule has 1 aromatic heterocycles. The van der Waals surface area contributed by atoms with Crippen molar-refractivity contribution in [3.05, 3.63) is 44.7 Å². The minimum Gasteiger partial charge on any atom is -0.482 e. The Morgan fingerprint density at radius 2 is 2.07 bits per heavy atom. The van der Waals surface area contributed by atoms with E-state index in [4.69, 9.17) is 27.9 Å². The number of hydrazine groups is 1. The number of hydrogen-bond donors (Lipinski definition) is 2.